The van der Waals surface area contributed by atoms with Gasteiger partial charge in [-0.1, -0.05) is 0 Å². The Labute approximate surface area is 81.6 Å². The van der Waals surface area contributed by atoms with E-state index in [2.05, 4.69) is 0 Å². The van der Waals surface area contributed by atoms with Gasteiger partial charge in [-0.15, -0.1) is 12.4 Å². The van der Waals surface area contributed by atoms with Crippen LogP contribution < -0.4 is 5.73 Å². The summed E-state index contributed by atoms with van der Waals surface area (Å²) >= 11 is 1.36. The first-order valence-corrected chi connectivity index (χ1v) is 4.71. The zero-order chi connectivity index (χ0) is 8.59. The Morgan fingerprint density at radius 3 is 1.75 bits per heavy atom. The summed E-state index contributed by atoms with van der Waals surface area (Å²) in [5.41, 5.74) is 5.52. The van der Waals surface area contributed by atoms with Crippen molar-refractivity contribution in [3.63, 3.8) is 0 Å². The Morgan fingerprint density at radius 1 is 1.08 bits per heavy atom. The van der Waals surface area contributed by atoms with E-state index in [4.69, 9.17) is 10.8 Å². The van der Waals surface area contributed by atoms with Crippen molar-refractivity contribution >= 4 is 24.2 Å². The molecule has 1 aliphatic carbocycles. The zero-order valence-corrected chi connectivity index (χ0v) is 8.26. The SMILES string of the molecule is CS[C@H]1[C@H](N)[C@H](O)[C@H](O)[C@@H]1O.Cl. The van der Waals surface area contributed by atoms with Crippen molar-refractivity contribution in [2.45, 2.75) is 29.6 Å². The minimum Gasteiger partial charge on any atom is -0.389 e. The predicted molar refractivity (Wildman–Crippen MR) is 50.5 cm³/mol. The molecule has 0 heterocycles. The van der Waals surface area contributed by atoms with Gasteiger partial charge in [0.2, 0.25) is 0 Å². The summed E-state index contributed by atoms with van der Waals surface area (Å²) in [6.07, 6.45) is -1.21. The number of rotatable bonds is 1. The van der Waals surface area contributed by atoms with Crippen molar-refractivity contribution in [2.24, 2.45) is 5.73 Å². The van der Waals surface area contributed by atoms with Crippen molar-refractivity contribution in [3.8, 4) is 0 Å². The zero-order valence-electron chi connectivity index (χ0n) is 6.62. The second kappa shape index (κ2) is 4.64. The highest BCUT2D eigenvalue weighted by molar-refractivity contribution is 7.99. The van der Waals surface area contributed by atoms with Crippen LogP contribution in [0.1, 0.15) is 0 Å². The van der Waals surface area contributed by atoms with Gasteiger partial charge in [0.15, 0.2) is 0 Å². The van der Waals surface area contributed by atoms with E-state index < -0.39 is 24.4 Å². The molecule has 1 saturated carbocycles. The molecule has 0 spiro atoms. The minimum atomic E-state index is -1.09. The van der Waals surface area contributed by atoms with Gasteiger partial charge in [0, 0.05) is 6.04 Å². The molecule has 1 aliphatic rings. The van der Waals surface area contributed by atoms with E-state index in [0.29, 0.717) is 0 Å². The van der Waals surface area contributed by atoms with Gasteiger partial charge >= 0.3 is 0 Å². The van der Waals surface area contributed by atoms with Crippen LogP contribution in [-0.2, 0) is 0 Å². The van der Waals surface area contributed by atoms with Gasteiger partial charge < -0.3 is 21.1 Å². The first kappa shape index (κ1) is 12.5. The fraction of sp³-hybridized carbons (Fsp3) is 1.00. The molecule has 5 N–H and O–H groups in total. The van der Waals surface area contributed by atoms with Crippen molar-refractivity contribution < 1.29 is 15.3 Å². The van der Waals surface area contributed by atoms with Crippen LogP contribution in [0, 0.1) is 0 Å². The Morgan fingerprint density at radius 2 is 1.58 bits per heavy atom. The third-order valence-corrected chi connectivity index (χ3v) is 3.22. The molecule has 5 atom stereocenters. The number of thioether (sulfide) groups is 1. The molecule has 0 radical (unpaired) electrons. The van der Waals surface area contributed by atoms with E-state index in [-0.39, 0.29) is 17.7 Å². The molecule has 1 rings (SSSR count). The Balaban J connectivity index is 0.00000121. The fourth-order valence-electron chi connectivity index (χ4n) is 1.34. The molecular formula is C6H14ClNO3S. The van der Waals surface area contributed by atoms with Crippen LogP contribution in [0.25, 0.3) is 0 Å². The minimum absolute atomic E-state index is 0. The number of aliphatic hydroxyl groups is 3. The third-order valence-electron chi connectivity index (χ3n) is 2.08. The van der Waals surface area contributed by atoms with Crippen LogP contribution in [0.2, 0.25) is 0 Å². The summed E-state index contributed by atoms with van der Waals surface area (Å²) in [4.78, 5) is 0. The van der Waals surface area contributed by atoms with E-state index >= 15 is 0 Å². The summed E-state index contributed by atoms with van der Waals surface area (Å²) in [5.74, 6) is 0. The Hall–Kier alpha value is 0.480. The van der Waals surface area contributed by atoms with Gasteiger partial charge in [-0.25, -0.2) is 0 Å². The van der Waals surface area contributed by atoms with E-state index in [1.54, 1.807) is 6.26 Å². The lowest BCUT2D eigenvalue weighted by Gasteiger charge is -2.15. The summed E-state index contributed by atoms with van der Waals surface area (Å²) in [5, 5.41) is 27.4. The maximum absolute atomic E-state index is 9.29. The van der Waals surface area contributed by atoms with E-state index in [1.165, 1.54) is 11.8 Å². The highest BCUT2D eigenvalue weighted by atomic mass is 35.5. The Kier molecular flexibility index (Phi) is 4.83. The van der Waals surface area contributed by atoms with Gasteiger partial charge in [-0.05, 0) is 6.26 Å². The molecule has 0 amide bonds. The van der Waals surface area contributed by atoms with Gasteiger partial charge in [0.25, 0.3) is 0 Å². The molecule has 0 bridgehead atoms. The molecule has 1 fully saturated rings. The van der Waals surface area contributed by atoms with Crippen molar-refractivity contribution in [1.29, 1.82) is 0 Å². The number of aliphatic hydroxyl groups excluding tert-OH is 3. The van der Waals surface area contributed by atoms with Crippen molar-refractivity contribution in [2.75, 3.05) is 6.26 Å². The lowest BCUT2D eigenvalue weighted by molar-refractivity contribution is -0.0198. The largest absolute Gasteiger partial charge is 0.389 e. The second-order valence-corrected chi connectivity index (χ2v) is 3.77. The van der Waals surface area contributed by atoms with E-state index in [1.807, 2.05) is 0 Å². The third kappa shape index (κ3) is 1.86. The molecule has 0 saturated heterocycles. The lowest BCUT2D eigenvalue weighted by atomic mass is 10.2. The van der Waals surface area contributed by atoms with Gasteiger partial charge in [0.1, 0.15) is 6.10 Å². The van der Waals surface area contributed by atoms with Gasteiger partial charge in [-0.3, -0.25) is 0 Å². The topological polar surface area (TPSA) is 86.7 Å². The van der Waals surface area contributed by atoms with E-state index in [0.717, 1.165) is 0 Å². The van der Waals surface area contributed by atoms with Crippen LogP contribution in [0.5, 0.6) is 0 Å². The molecular weight excluding hydrogens is 202 g/mol. The predicted octanol–water partition coefficient (Wildman–Crippen LogP) is -1.44. The van der Waals surface area contributed by atoms with Crippen LogP contribution in [-0.4, -0.2) is 51.2 Å². The molecule has 0 aromatic carbocycles. The second-order valence-electron chi connectivity index (χ2n) is 2.75. The van der Waals surface area contributed by atoms with E-state index in [9.17, 15) is 10.2 Å². The maximum atomic E-state index is 9.29. The number of nitrogens with two attached hydrogens (primary N) is 1. The maximum Gasteiger partial charge on any atom is 0.108 e. The van der Waals surface area contributed by atoms with Crippen molar-refractivity contribution in [3.05, 3.63) is 0 Å². The number of hydrogen-bond acceptors (Lipinski definition) is 5. The molecule has 12 heavy (non-hydrogen) atoms. The standard InChI is InChI=1S/C6H13NO3S.ClH/c1-11-6-2(7)3(8)4(9)5(6)10;/h2-6,8-10H,7H2,1H3;1H/t2-,3+,4+,5+,6+;/m1./s1. The highest BCUT2D eigenvalue weighted by Crippen LogP contribution is 2.28. The average Bonchev–Trinajstić information content (AvgIpc) is 2.17. The van der Waals surface area contributed by atoms with Gasteiger partial charge in [0.05, 0.1) is 17.5 Å². The molecule has 0 aromatic rings. The Bertz CT molecular complexity index is 137. The molecule has 0 aromatic heterocycles. The monoisotopic (exact) mass is 215 g/mol. The number of hydrogen-bond donors (Lipinski definition) is 4. The lowest BCUT2D eigenvalue weighted by Crippen LogP contribution is -2.39. The number of halogens is 1. The summed E-state index contributed by atoms with van der Waals surface area (Å²) < 4.78 is 0. The molecule has 0 aliphatic heterocycles. The fourth-order valence-corrected chi connectivity index (χ4v) is 2.26. The first-order chi connectivity index (χ1) is 5.09. The van der Waals surface area contributed by atoms with Gasteiger partial charge in [-0.2, -0.15) is 11.8 Å². The summed E-state index contributed by atoms with van der Waals surface area (Å²) in [6, 6.07) is -0.532. The highest BCUT2D eigenvalue weighted by Gasteiger charge is 2.46. The summed E-state index contributed by atoms with van der Waals surface area (Å²) in [6.45, 7) is 0. The average molecular weight is 216 g/mol. The molecule has 6 heteroatoms. The molecule has 74 valence electrons. The van der Waals surface area contributed by atoms with Crippen LogP contribution in [0.3, 0.4) is 0 Å². The van der Waals surface area contributed by atoms with Crippen molar-refractivity contribution in [1.82, 2.24) is 0 Å². The molecule has 4 nitrogen and oxygen atoms in total. The van der Waals surface area contributed by atoms with Crippen LogP contribution in [0.4, 0.5) is 0 Å². The quantitative estimate of drug-likeness (QED) is 0.431. The molecule has 0 unspecified atom stereocenters. The summed E-state index contributed by atoms with van der Waals surface area (Å²) in [7, 11) is 0. The van der Waals surface area contributed by atoms with Crippen LogP contribution in [0.15, 0.2) is 0 Å². The van der Waals surface area contributed by atoms with Crippen LogP contribution >= 0.6 is 24.2 Å². The first-order valence-electron chi connectivity index (χ1n) is 3.42. The normalized spacial score (nSPS) is 47.2. The smallest absolute Gasteiger partial charge is 0.108 e.